The SMILES string of the molecule is N#Cc1cccc(C(=O)Nc2ccc(Cl)cc2Cl)c1. The van der Waals surface area contributed by atoms with Crippen LogP contribution in [0.1, 0.15) is 15.9 Å². The van der Waals surface area contributed by atoms with Gasteiger partial charge in [0.05, 0.1) is 22.3 Å². The molecule has 0 fully saturated rings. The van der Waals surface area contributed by atoms with Crippen LogP contribution in [-0.2, 0) is 0 Å². The van der Waals surface area contributed by atoms with Crippen LogP contribution in [0.25, 0.3) is 0 Å². The first kappa shape index (κ1) is 13.4. The Labute approximate surface area is 120 Å². The number of benzene rings is 2. The van der Waals surface area contributed by atoms with Gasteiger partial charge in [-0.25, -0.2) is 0 Å². The molecule has 2 aromatic rings. The summed E-state index contributed by atoms with van der Waals surface area (Å²) in [6, 6.07) is 13.2. The molecule has 0 spiro atoms. The topological polar surface area (TPSA) is 52.9 Å². The molecular weight excluding hydrogens is 283 g/mol. The first-order chi connectivity index (χ1) is 9.10. The van der Waals surface area contributed by atoms with Crippen molar-refractivity contribution < 1.29 is 4.79 Å². The van der Waals surface area contributed by atoms with Gasteiger partial charge in [0.25, 0.3) is 5.91 Å². The van der Waals surface area contributed by atoms with Gasteiger partial charge < -0.3 is 5.32 Å². The molecule has 5 heteroatoms. The molecule has 19 heavy (non-hydrogen) atoms. The van der Waals surface area contributed by atoms with Crippen LogP contribution in [0.5, 0.6) is 0 Å². The second kappa shape index (κ2) is 5.75. The smallest absolute Gasteiger partial charge is 0.255 e. The van der Waals surface area contributed by atoms with Crippen LogP contribution in [0, 0.1) is 11.3 Å². The van der Waals surface area contributed by atoms with E-state index in [1.165, 1.54) is 6.07 Å². The molecule has 3 nitrogen and oxygen atoms in total. The van der Waals surface area contributed by atoms with Crippen LogP contribution in [0.15, 0.2) is 42.5 Å². The number of hydrogen-bond acceptors (Lipinski definition) is 2. The zero-order valence-corrected chi connectivity index (χ0v) is 11.2. The molecule has 0 heterocycles. The standard InChI is InChI=1S/C14H8Cl2N2O/c15-11-4-5-13(12(16)7-11)18-14(19)10-3-1-2-9(6-10)8-17/h1-7H,(H,18,19). The molecule has 0 radical (unpaired) electrons. The molecule has 0 aliphatic rings. The van der Waals surface area contributed by atoms with E-state index >= 15 is 0 Å². The molecule has 0 aliphatic carbocycles. The van der Waals surface area contributed by atoms with E-state index in [2.05, 4.69) is 5.32 Å². The number of hydrogen-bond donors (Lipinski definition) is 1. The van der Waals surface area contributed by atoms with Crippen LogP contribution in [0.4, 0.5) is 5.69 Å². The van der Waals surface area contributed by atoms with Crippen molar-refractivity contribution in [1.82, 2.24) is 0 Å². The molecule has 0 aromatic heterocycles. The lowest BCUT2D eigenvalue weighted by atomic mass is 10.1. The number of nitriles is 1. The number of amides is 1. The molecule has 0 bridgehead atoms. The van der Waals surface area contributed by atoms with E-state index in [4.69, 9.17) is 28.5 Å². The molecule has 2 rings (SSSR count). The summed E-state index contributed by atoms with van der Waals surface area (Å²) >= 11 is 11.7. The summed E-state index contributed by atoms with van der Waals surface area (Å²) in [5, 5.41) is 12.3. The van der Waals surface area contributed by atoms with E-state index in [-0.39, 0.29) is 5.91 Å². The van der Waals surface area contributed by atoms with Gasteiger partial charge >= 0.3 is 0 Å². The average molecular weight is 291 g/mol. The Hall–Kier alpha value is -2.02. The highest BCUT2D eigenvalue weighted by atomic mass is 35.5. The van der Waals surface area contributed by atoms with Gasteiger partial charge in [-0.15, -0.1) is 0 Å². The molecule has 1 amide bonds. The van der Waals surface area contributed by atoms with Crippen LogP contribution in [0.2, 0.25) is 10.0 Å². The maximum absolute atomic E-state index is 12.0. The highest BCUT2D eigenvalue weighted by molar-refractivity contribution is 6.36. The lowest BCUT2D eigenvalue weighted by molar-refractivity contribution is 0.102. The Balaban J connectivity index is 2.23. The summed E-state index contributed by atoms with van der Waals surface area (Å²) in [7, 11) is 0. The van der Waals surface area contributed by atoms with Gasteiger partial charge in [-0.1, -0.05) is 29.3 Å². The van der Waals surface area contributed by atoms with Crippen LogP contribution < -0.4 is 5.32 Å². The summed E-state index contributed by atoms with van der Waals surface area (Å²) in [6.45, 7) is 0. The highest BCUT2D eigenvalue weighted by Gasteiger charge is 2.09. The van der Waals surface area contributed by atoms with Crippen molar-refractivity contribution in [2.24, 2.45) is 0 Å². The van der Waals surface area contributed by atoms with Gasteiger partial charge in [0.1, 0.15) is 0 Å². The summed E-state index contributed by atoms with van der Waals surface area (Å²) in [5.74, 6) is -0.332. The van der Waals surface area contributed by atoms with Crippen LogP contribution in [0.3, 0.4) is 0 Å². The van der Waals surface area contributed by atoms with Crippen molar-refractivity contribution in [1.29, 1.82) is 5.26 Å². The predicted molar refractivity (Wildman–Crippen MR) is 75.6 cm³/mol. The van der Waals surface area contributed by atoms with Crippen molar-refractivity contribution in [3.8, 4) is 6.07 Å². The lowest BCUT2D eigenvalue weighted by Crippen LogP contribution is -2.12. The predicted octanol–water partition coefficient (Wildman–Crippen LogP) is 4.12. The molecule has 94 valence electrons. The Morgan fingerprint density at radius 1 is 1.16 bits per heavy atom. The number of halogens is 2. The Morgan fingerprint density at radius 3 is 2.63 bits per heavy atom. The van der Waals surface area contributed by atoms with Crippen molar-refractivity contribution in [3.63, 3.8) is 0 Å². The quantitative estimate of drug-likeness (QED) is 0.905. The minimum atomic E-state index is -0.332. The fraction of sp³-hybridized carbons (Fsp3) is 0. The van der Waals surface area contributed by atoms with Gasteiger partial charge in [-0.2, -0.15) is 5.26 Å². The van der Waals surface area contributed by atoms with E-state index in [1.54, 1.807) is 36.4 Å². The first-order valence-corrected chi connectivity index (χ1v) is 6.12. The molecule has 1 N–H and O–H groups in total. The van der Waals surface area contributed by atoms with E-state index < -0.39 is 0 Å². The molecule has 0 saturated carbocycles. The minimum absolute atomic E-state index is 0.332. The third kappa shape index (κ3) is 3.25. The van der Waals surface area contributed by atoms with Gasteiger partial charge in [0, 0.05) is 10.6 Å². The number of carbonyl (C=O) groups excluding carboxylic acids is 1. The third-order valence-electron chi connectivity index (χ3n) is 2.43. The maximum atomic E-state index is 12.0. The fourth-order valence-electron chi connectivity index (χ4n) is 1.52. The Kier molecular flexibility index (Phi) is 4.06. The normalized spacial score (nSPS) is 9.74. The number of nitrogens with zero attached hydrogens (tertiary/aromatic N) is 1. The largest absolute Gasteiger partial charge is 0.321 e. The average Bonchev–Trinajstić information content (AvgIpc) is 2.42. The highest BCUT2D eigenvalue weighted by Crippen LogP contribution is 2.25. The van der Waals surface area contributed by atoms with E-state index in [9.17, 15) is 4.79 Å². The zero-order valence-electron chi connectivity index (χ0n) is 9.65. The summed E-state index contributed by atoms with van der Waals surface area (Å²) in [6.07, 6.45) is 0. The number of rotatable bonds is 2. The second-order valence-electron chi connectivity index (χ2n) is 3.77. The van der Waals surface area contributed by atoms with E-state index in [0.717, 1.165) is 0 Å². The number of carbonyl (C=O) groups is 1. The fourth-order valence-corrected chi connectivity index (χ4v) is 1.97. The van der Waals surface area contributed by atoms with Crippen LogP contribution >= 0.6 is 23.2 Å². The Bertz CT molecular complexity index is 677. The van der Waals surface area contributed by atoms with Crippen molar-refractivity contribution in [2.75, 3.05) is 5.32 Å². The number of anilines is 1. The molecule has 0 aliphatic heterocycles. The number of nitrogens with one attached hydrogen (secondary N) is 1. The van der Waals surface area contributed by atoms with Gasteiger partial charge in [-0.05, 0) is 36.4 Å². The Morgan fingerprint density at radius 2 is 1.95 bits per heavy atom. The monoisotopic (exact) mass is 290 g/mol. The summed E-state index contributed by atoms with van der Waals surface area (Å²) in [5.41, 5.74) is 1.29. The van der Waals surface area contributed by atoms with E-state index in [1.807, 2.05) is 6.07 Å². The zero-order chi connectivity index (χ0) is 13.8. The summed E-state index contributed by atoms with van der Waals surface area (Å²) in [4.78, 5) is 12.0. The van der Waals surface area contributed by atoms with Crippen molar-refractivity contribution >= 4 is 34.8 Å². The van der Waals surface area contributed by atoms with Crippen molar-refractivity contribution in [3.05, 3.63) is 63.6 Å². The summed E-state index contributed by atoms with van der Waals surface area (Å²) < 4.78 is 0. The maximum Gasteiger partial charge on any atom is 0.255 e. The van der Waals surface area contributed by atoms with Gasteiger partial charge in [-0.3, -0.25) is 4.79 Å². The van der Waals surface area contributed by atoms with E-state index in [0.29, 0.717) is 26.9 Å². The van der Waals surface area contributed by atoms with Gasteiger partial charge in [0.2, 0.25) is 0 Å². The molecular formula is C14H8Cl2N2O. The molecule has 0 saturated heterocycles. The molecule has 0 unspecified atom stereocenters. The van der Waals surface area contributed by atoms with Crippen molar-refractivity contribution in [2.45, 2.75) is 0 Å². The van der Waals surface area contributed by atoms with Crippen LogP contribution in [-0.4, -0.2) is 5.91 Å². The van der Waals surface area contributed by atoms with Gasteiger partial charge in [0.15, 0.2) is 0 Å². The molecule has 2 aromatic carbocycles. The second-order valence-corrected chi connectivity index (χ2v) is 4.61. The molecule has 0 atom stereocenters. The third-order valence-corrected chi connectivity index (χ3v) is 2.98. The first-order valence-electron chi connectivity index (χ1n) is 5.37. The lowest BCUT2D eigenvalue weighted by Gasteiger charge is -2.07. The minimum Gasteiger partial charge on any atom is -0.321 e.